The molecule has 2 amide bonds. The van der Waals surface area contributed by atoms with Gasteiger partial charge in [0.25, 0.3) is 0 Å². The van der Waals surface area contributed by atoms with Gasteiger partial charge in [0, 0.05) is 31.3 Å². The number of rotatable bonds is 4. The number of nitrogens with zero attached hydrogens (tertiary/aromatic N) is 1. The van der Waals surface area contributed by atoms with E-state index in [2.05, 4.69) is 15.6 Å². The lowest BCUT2D eigenvalue weighted by atomic mass is 10.2. The molecule has 0 fully saturated rings. The average Bonchev–Trinajstić information content (AvgIpc) is 2.68. The number of aliphatic hydroxyl groups excluding tert-OH is 1. The summed E-state index contributed by atoms with van der Waals surface area (Å²) in [5, 5.41) is 14.2. The van der Waals surface area contributed by atoms with Crippen LogP contribution in [-0.4, -0.2) is 28.8 Å². The lowest BCUT2D eigenvalue weighted by Crippen LogP contribution is -2.36. The lowest BCUT2D eigenvalue weighted by molar-refractivity contribution is 0.241. The first-order valence-corrected chi connectivity index (χ1v) is 6.14. The molecule has 0 bridgehead atoms. The van der Waals surface area contributed by atoms with Gasteiger partial charge in [-0.1, -0.05) is 0 Å². The molecule has 6 nitrogen and oxygen atoms in total. The standard InChI is InChI=1S/C13H17N3O3/c1-8(5-6-17)14-13(18)16-10-3-4-11-12(7-10)19-9(2)15-11/h3-4,7-8,17H,5-6H2,1-2H3,(H2,14,16,18)/t8-/m1/s1. The van der Waals surface area contributed by atoms with E-state index in [4.69, 9.17) is 9.52 Å². The van der Waals surface area contributed by atoms with Crippen LogP contribution in [0.2, 0.25) is 0 Å². The summed E-state index contributed by atoms with van der Waals surface area (Å²) in [6, 6.07) is 4.89. The third kappa shape index (κ3) is 3.45. The summed E-state index contributed by atoms with van der Waals surface area (Å²) in [4.78, 5) is 15.9. The second-order valence-corrected chi connectivity index (χ2v) is 4.43. The zero-order valence-corrected chi connectivity index (χ0v) is 10.9. The molecule has 19 heavy (non-hydrogen) atoms. The molecule has 1 atom stereocenters. The second-order valence-electron chi connectivity index (χ2n) is 4.43. The molecular weight excluding hydrogens is 246 g/mol. The molecule has 0 saturated heterocycles. The van der Waals surface area contributed by atoms with Gasteiger partial charge in [0.1, 0.15) is 5.52 Å². The molecular formula is C13H17N3O3. The van der Waals surface area contributed by atoms with E-state index in [-0.39, 0.29) is 18.7 Å². The van der Waals surface area contributed by atoms with Crippen molar-refractivity contribution in [3.63, 3.8) is 0 Å². The molecule has 1 aromatic heterocycles. The predicted molar refractivity (Wildman–Crippen MR) is 72.1 cm³/mol. The van der Waals surface area contributed by atoms with Crippen LogP contribution in [0.4, 0.5) is 10.5 Å². The van der Waals surface area contributed by atoms with Crippen molar-refractivity contribution >= 4 is 22.8 Å². The topological polar surface area (TPSA) is 87.4 Å². The van der Waals surface area contributed by atoms with Crippen molar-refractivity contribution in [2.45, 2.75) is 26.3 Å². The number of aryl methyl sites for hydroxylation is 1. The number of amides is 2. The molecule has 6 heteroatoms. The fourth-order valence-corrected chi connectivity index (χ4v) is 1.77. The van der Waals surface area contributed by atoms with Crippen LogP contribution in [0.25, 0.3) is 11.1 Å². The van der Waals surface area contributed by atoms with Gasteiger partial charge in [-0.05, 0) is 25.5 Å². The van der Waals surface area contributed by atoms with Gasteiger partial charge >= 0.3 is 6.03 Å². The highest BCUT2D eigenvalue weighted by molar-refractivity contribution is 5.91. The fraction of sp³-hybridized carbons (Fsp3) is 0.385. The minimum atomic E-state index is -0.309. The van der Waals surface area contributed by atoms with Crippen molar-refractivity contribution in [3.8, 4) is 0 Å². The van der Waals surface area contributed by atoms with Crippen LogP contribution in [0.15, 0.2) is 22.6 Å². The van der Waals surface area contributed by atoms with Gasteiger partial charge in [-0.3, -0.25) is 0 Å². The summed E-state index contributed by atoms with van der Waals surface area (Å²) >= 11 is 0. The minimum Gasteiger partial charge on any atom is -0.441 e. The number of hydrogen-bond donors (Lipinski definition) is 3. The van der Waals surface area contributed by atoms with Gasteiger partial charge in [0.05, 0.1) is 0 Å². The minimum absolute atomic E-state index is 0.0464. The number of hydrogen-bond acceptors (Lipinski definition) is 4. The Bertz CT molecular complexity index is 580. The average molecular weight is 263 g/mol. The second kappa shape index (κ2) is 5.71. The molecule has 1 heterocycles. The van der Waals surface area contributed by atoms with Crippen LogP contribution in [-0.2, 0) is 0 Å². The zero-order chi connectivity index (χ0) is 13.8. The van der Waals surface area contributed by atoms with Crippen molar-refractivity contribution in [2.24, 2.45) is 0 Å². The van der Waals surface area contributed by atoms with Crippen molar-refractivity contribution in [1.29, 1.82) is 0 Å². The van der Waals surface area contributed by atoms with Crippen LogP contribution in [0.5, 0.6) is 0 Å². The van der Waals surface area contributed by atoms with Crippen molar-refractivity contribution in [2.75, 3.05) is 11.9 Å². The van der Waals surface area contributed by atoms with Gasteiger partial charge < -0.3 is 20.2 Å². The number of aliphatic hydroxyl groups is 1. The van der Waals surface area contributed by atoms with Gasteiger partial charge in [-0.2, -0.15) is 0 Å². The first-order valence-electron chi connectivity index (χ1n) is 6.14. The Balaban J connectivity index is 2.02. The smallest absolute Gasteiger partial charge is 0.319 e. The highest BCUT2D eigenvalue weighted by Crippen LogP contribution is 2.19. The molecule has 2 aromatic rings. The largest absolute Gasteiger partial charge is 0.441 e. The maximum atomic E-state index is 11.7. The molecule has 0 aliphatic rings. The van der Waals surface area contributed by atoms with Crippen molar-refractivity contribution in [1.82, 2.24) is 10.3 Å². The van der Waals surface area contributed by atoms with Crippen LogP contribution < -0.4 is 10.6 Å². The summed E-state index contributed by atoms with van der Waals surface area (Å²) in [5.41, 5.74) is 2.04. The monoisotopic (exact) mass is 263 g/mol. The molecule has 0 unspecified atom stereocenters. The maximum absolute atomic E-state index is 11.7. The Morgan fingerprint density at radius 3 is 3.05 bits per heavy atom. The van der Waals surface area contributed by atoms with E-state index in [9.17, 15) is 4.79 Å². The Labute approximate surface area is 110 Å². The third-order valence-corrected chi connectivity index (χ3v) is 2.69. The number of fused-ring (bicyclic) bond motifs is 1. The Morgan fingerprint density at radius 1 is 1.53 bits per heavy atom. The van der Waals surface area contributed by atoms with Gasteiger partial charge in [0.15, 0.2) is 11.5 Å². The van der Waals surface area contributed by atoms with Crippen LogP contribution in [0.3, 0.4) is 0 Å². The number of nitrogens with one attached hydrogen (secondary N) is 2. The number of anilines is 1. The number of benzene rings is 1. The normalized spacial score (nSPS) is 12.4. The van der Waals surface area contributed by atoms with E-state index < -0.39 is 0 Å². The molecule has 102 valence electrons. The Hall–Kier alpha value is -2.08. The number of aromatic nitrogens is 1. The molecule has 0 aliphatic heterocycles. The lowest BCUT2D eigenvalue weighted by Gasteiger charge is -2.13. The third-order valence-electron chi connectivity index (χ3n) is 2.69. The molecule has 0 saturated carbocycles. The first kappa shape index (κ1) is 13.4. The van der Waals surface area contributed by atoms with Gasteiger partial charge in [0.2, 0.25) is 0 Å². The molecule has 0 spiro atoms. The highest BCUT2D eigenvalue weighted by atomic mass is 16.3. The van der Waals surface area contributed by atoms with Crippen molar-refractivity contribution in [3.05, 3.63) is 24.1 Å². The summed E-state index contributed by atoms with van der Waals surface area (Å²) in [5.74, 6) is 0.591. The van der Waals surface area contributed by atoms with E-state index >= 15 is 0 Å². The van der Waals surface area contributed by atoms with E-state index in [1.807, 2.05) is 6.92 Å². The van der Waals surface area contributed by atoms with E-state index in [1.165, 1.54) is 0 Å². The summed E-state index contributed by atoms with van der Waals surface area (Å²) in [6.07, 6.45) is 0.522. The number of carbonyl (C=O) groups is 1. The molecule has 2 rings (SSSR count). The number of carbonyl (C=O) groups excluding carboxylic acids is 1. The van der Waals surface area contributed by atoms with Crippen LogP contribution in [0, 0.1) is 6.92 Å². The van der Waals surface area contributed by atoms with E-state index in [1.54, 1.807) is 25.1 Å². The number of oxazole rings is 1. The summed E-state index contributed by atoms with van der Waals surface area (Å²) in [6.45, 7) is 3.65. The summed E-state index contributed by atoms with van der Waals surface area (Å²) < 4.78 is 5.39. The van der Waals surface area contributed by atoms with E-state index in [0.717, 1.165) is 5.52 Å². The van der Waals surface area contributed by atoms with Crippen molar-refractivity contribution < 1.29 is 14.3 Å². The SMILES string of the molecule is Cc1nc2ccc(NC(=O)N[C@H](C)CCO)cc2o1. The highest BCUT2D eigenvalue weighted by Gasteiger charge is 2.08. The van der Waals surface area contributed by atoms with Crippen LogP contribution in [0.1, 0.15) is 19.2 Å². The van der Waals surface area contributed by atoms with Gasteiger partial charge in [-0.25, -0.2) is 9.78 Å². The predicted octanol–water partition coefficient (Wildman–Crippen LogP) is 2.03. The molecule has 0 aliphatic carbocycles. The summed E-state index contributed by atoms with van der Waals surface area (Å²) in [7, 11) is 0. The number of urea groups is 1. The molecule has 1 aromatic carbocycles. The first-order chi connectivity index (χ1) is 9.08. The van der Waals surface area contributed by atoms with Gasteiger partial charge in [-0.15, -0.1) is 0 Å². The Kier molecular flexibility index (Phi) is 4.01. The maximum Gasteiger partial charge on any atom is 0.319 e. The quantitative estimate of drug-likeness (QED) is 0.787. The van der Waals surface area contributed by atoms with E-state index in [0.29, 0.717) is 23.6 Å². The fourth-order valence-electron chi connectivity index (χ4n) is 1.77. The Morgan fingerprint density at radius 2 is 2.32 bits per heavy atom. The van der Waals surface area contributed by atoms with Crippen LogP contribution >= 0.6 is 0 Å². The molecule has 0 radical (unpaired) electrons. The zero-order valence-electron chi connectivity index (χ0n) is 10.9. The molecule has 3 N–H and O–H groups in total.